The molecule has 1 nitrogen and oxygen atoms in total. The van der Waals surface area contributed by atoms with E-state index in [2.05, 4.69) is 72.8 Å². The van der Waals surface area contributed by atoms with E-state index in [0.717, 1.165) is 37.2 Å². The number of aromatic nitrogens is 1. The van der Waals surface area contributed by atoms with Crippen LogP contribution in [0.15, 0.2) is 75.7 Å². The van der Waals surface area contributed by atoms with E-state index < -0.39 is 6.17 Å². The molecule has 4 aromatic rings. The fraction of sp³-hybridized carbons (Fsp3) is 0.182. The standard InChI is InChI=1S/C22H18Br2FN/c23-16-7-10-21-19(12-16)20-13-17(24)8-11-22(20)26(21)14-18(25)9-6-15-4-2-1-3-5-15/h1-5,7-8,10-13,18H,6,9,14H2. The molecule has 3 aromatic carbocycles. The molecule has 4 rings (SSSR count). The first-order valence-corrected chi connectivity index (χ1v) is 10.3. The molecule has 0 aliphatic carbocycles. The highest BCUT2D eigenvalue weighted by atomic mass is 79.9. The van der Waals surface area contributed by atoms with Crippen LogP contribution in [-0.2, 0) is 13.0 Å². The molecular weight excluding hydrogens is 457 g/mol. The van der Waals surface area contributed by atoms with Crippen LogP contribution in [-0.4, -0.2) is 10.7 Å². The molecule has 0 saturated carbocycles. The van der Waals surface area contributed by atoms with E-state index in [9.17, 15) is 4.39 Å². The molecule has 0 saturated heterocycles. The molecule has 0 aliphatic heterocycles. The Morgan fingerprint density at radius 1 is 0.808 bits per heavy atom. The molecule has 26 heavy (non-hydrogen) atoms. The molecule has 1 unspecified atom stereocenters. The van der Waals surface area contributed by atoms with E-state index in [0.29, 0.717) is 13.0 Å². The van der Waals surface area contributed by atoms with Crippen molar-refractivity contribution in [2.45, 2.75) is 25.6 Å². The third-order valence-corrected chi connectivity index (χ3v) is 5.75. The second kappa shape index (κ2) is 7.53. The molecule has 4 heteroatoms. The Morgan fingerprint density at radius 2 is 1.38 bits per heavy atom. The number of alkyl halides is 1. The first kappa shape index (κ1) is 17.7. The summed E-state index contributed by atoms with van der Waals surface area (Å²) in [6.45, 7) is 0.371. The zero-order valence-corrected chi connectivity index (χ0v) is 17.3. The summed E-state index contributed by atoms with van der Waals surface area (Å²) in [5.41, 5.74) is 3.33. The average Bonchev–Trinajstić information content (AvgIpc) is 2.93. The number of hydrogen-bond donors (Lipinski definition) is 0. The van der Waals surface area contributed by atoms with Gasteiger partial charge in [-0.2, -0.15) is 0 Å². The van der Waals surface area contributed by atoms with Gasteiger partial charge in [-0.3, -0.25) is 0 Å². The highest BCUT2D eigenvalue weighted by molar-refractivity contribution is 9.10. The molecular formula is C22H18Br2FN. The van der Waals surface area contributed by atoms with E-state index >= 15 is 0 Å². The Labute approximate surface area is 169 Å². The Bertz CT molecular complexity index is 997. The summed E-state index contributed by atoms with van der Waals surface area (Å²) in [5, 5.41) is 2.29. The van der Waals surface area contributed by atoms with Crippen LogP contribution in [0.5, 0.6) is 0 Å². The third kappa shape index (κ3) is 3.58. The van der Waals surface area contributed by atoms with Gasteiger partial charge in [0, 0.05) is 30.8 Å². The van der Waals surface area contributed by atoms with Gasteiger partial charge in [-0.25, -0.2) is 4.39 Å². The van der Waals surface area contributed by atoms with Crippen LogP contribution < -0.4 is 0 Å². The second-order valence-electron chi connectivity index (χ2n) is 6.56. The summed E-state index contributed by atoms with van der Waals surface area (Å²) < 4.78 is 19.0. The smallest absolute Gasteiger partial charge is 0.118 e. The lowest BCUT2D eigenvalue weighted by molar-refractivity contribution is 0.284. The maximum Gasteiger partial charge on any atom is 0.118 e. The van der Waals surface area contributed by atoms with Gasteiger partial charge in [-0.15, -0.1) is 0 Å². The van der Waals surface area contributed by atoms with Gasteiger partial charge in [0.2, 0.25) is 0 Å². The van der Waals surface area contributed by atoms with E-state index in [1.807, 2.05) is 30.3 Å². The van der Waals surface area contributed by atoms with Crippen molar-refractivity contribution in [1.82, 2.24) is 4.57 Å². The van der Waals surface area contributed by atoms with Gasteiger partial charge in [0.15, 0.2) is 0 Å². The highest BCUT2D eigenvalue weighted by Gasteiger charge is 2.15. The van der Waals surface area contributed by atoms with Crippen molar-refractivity contribution in [3.63, 3.8) is 0 Å². The molecule has 1 aromatic heterocycles. The van der Waals surface area contributed by atoms with Crippen molar-refractivity contribution >= 4 is 53.7 Å². The van der Waals surface area contributed by atoms with Gasteiger partial charge in [0.25, 0.3) is 0 Å². The normalized spacial score (nSPS) is 12.7. The average molecular weight is 475 g/mol. The van der Waals surface area contributed by atoms with Gasteiger partial charge in [-0.1, -0.05) is 62.2 Å². The molecule has 0 radical (unpaired) electrons. The number of aryl methyl sites for hydroxylation is 1. The number of benzene rings is 3. The van der Waals surface area contributed by atoms with E-state index in [1.165, 1.54) is 5.56 Å². The largest absolute Gasteiger partial charge is 0.338 e. The lowest BCUT2D eigenvalue weighted by Gasteiger charge is -2.12. The molecule has 0 fully saturated rings. The zero-order chi connectivity index (χ0) is 18.1. The SMILES string of the molecule is FC(CCc1ccccc1)Cn1c2ccc(Br)cc2c2cc(Br)ccc21. The number of hydrogen-bond acceptors (Lipinski definition) is 0. The Morgan fingerprint density at radius 3 is 1.96 bits per heavy atom. The second-order valence-corrected chi connectivity index (χ2v) is 8.39. The first-order chi connectivity index (χ1) is 12.6. The van der Waals surface area contributed by atoms with Crippen molar-refractivity contribution in [3.05, 3.63) is 81.2 Å². The van der Waals surface area contributed by atoms with Gasteiger partial charge in [0.1, 0.15) is 6.17 Å². The van der Waals surface area contributed by atoms with Crippen LogP contribution in [0.3, 0.4) is 0 Å². The van der Waals surface area contributed by atoms with E-state index in [1.54, 1.807) is 0 Å². The summed E-state index contributed by atoms with van der Waals surface area (Å²) in [4.78, 5) is 0. The summed E-state index contributed by atoms with van der Waals surface area (Å²) in [6, 6.07) is 22.5. The Hall–Kier alpha value is -1.65. The Kier molecular flexibility index (Phi) is 5.14. The van der Waals surface area contributed by atoms with Gasteiger partial charge < -0.3 is 4.57 Å². The van der Waals surface area contributed by atoms with Crippen LogP contribution in [0.4, 0.5) is 4.39 Å². The van der Waals surface area contributed by atoms with Gasteiger partial charge >= 0.3 is 0 Å². The zero-order valence-electron chi connectivity index (χ0n) is 14.1. The van der Waals surface area contributed by atoms with Crippen molar-refractivity contribution in [1.29, 1.82) is 0 Å². The highest BCUT2D eigenvalue weighted by Crippen LogP contribution is 2.33. The van der Waals surface area contributed by atoms with Gasteiger partial charge in [0.05, 0.1) is 6.54 Å². The minimum absolute atomic E-state index is 0.371. The van der Waals surface area contributed by atoms with E-state index in [4.69, 9.17) is 0 Å². The molecule has 1 atom stereocenters. The summed E-state index contributed by atoms with van der Waals surface area (Å²) >= 11 is 7.10. The quantitative estimate of drug-likeness (QED) is 0.286. The van der Waals surface area contributed by atoms with Crippen molar-refractivity contribution in [2.75, 3.05) is 0 Å². The minimum Gasteiger partial charge on any atom is -0.338 e. The van der Waals surface area contributed by atoms with Crippen LogP contribution in [0, 0.1) is 0 Å². The topological polar surface area (TPSA) is 4.93 Å². The number of halogens is 3. The van der Waals surface area contributed by atoms with Crippen LogP contribution in [0.2, 0.25) is 0 Å². The molecule has 132 valence electrons. The fourth-order valence-electron chi connectivity index (χ4n) is 3.50. The molecule has 0 spiro atoms. The summed E-state index contributed by atoms with van der Waals surface area (Å²) in [5.74, 6) is 0. The van der Waals surface area contributed by atoms with E-state index in [-0.39, 0.29) is 0 Å². The summed E-state index contributed by atoms with van der Waals surface area (Å²) in [6.07, 6.45) is 0.398. The minimum atomic E-state index is -0.888. The van der Waals surface area contributed by atoms with Crippen LogP contribution in [0.25, 0.3) is 21.8 Å². The Balaban J connectivity index is 1.66. The number of rotatable bonds is 5. The monoisotopic (exact) mass is 473 g/mol. The van der Waals surface area contributed by atoms with Crippen molar-refractivity contribution in [3.8, 4) is 0 Å². The first-order valence-electron chi connectivity index (χ1n) is 8.67. The van der Waals surface area contributed by atoms with Gasteiger partial charge in [-0.05, 0) is 54.8 Å². The number of nitrogens with zero attached hydrogens (tertiary/aromatic N) is 1. The molecule has 0 amide bonds. The lowest BCUT2D eigenvalue weighted by Crippen LogP contribution is -2.12. The third-order valence-electron chi connectivity index (χ3n) is 4.76. The molecule has 0 bridgehead atoms. The maximum atomic E-state index is 14.8. The molecule has 0 aliphatic rings. The van der Waals surface area contributed by atoms with Crippen LogP contribution >= 0.6 is 31.9 Å². The van der Waals surface area contributed by atoms with Crippen LogP contribution in [0.1, 0.15) is 12.0 Å². The molecule has 1 heterocycles. The lowest BCUT2D eigenvalue weighted by atomic mass is 10.1. The fourth-order valence-corrected chi connectivity index (χ4v) is 4.22. The maximum absolute atomic E-state index is 14.8. The summed E-state index contributed by atoms with van der Waals surface area (Å²) in [7, 11) is 0. The van der Waals surface area contributed by atoms with Crippen molar-refractivity contribution < 1.29 is 4.39 Å². The van der Waals surface area contributed by atoms with Crippen molar-refractivity contribution in [2.24, 2.45) is 0 Å². The predicted molar refractivity (Wildman–Crippen MR) is 115 cm³/mol. The predicted octanol–water partition coefficient (Wildman–Crippen LogP) is 7.29. The number of fused-ring (bicyclic) bond motifs is 3. The molecule has 0 N–H and O–H groups in total.